The van der Waals surface area contributed by atoms with Crippen LogP contribution in [0.2, 0.25) is 0 Å². The molecule has 0 aliphatic rings. The number of benzene rings is 9. The minimum atomic E-state index is -2.90. The van der Waals surface area contributed by atoms with E-state index in [1.54, 1.807) is 0 Å². The zero-order chi connectivity index (χ0) is 37.8. The Labute approximate surface area is 333 Å². The summed E-state index contributed by atoms with van der Waals surface area (Å²) in [6.07, 6.45) is 0. The summed E-state index contributed by atoms with van der Waals surface area (Å²) in [4.78, 5) is 0. The molecule has 0 N–H and O–H groups in total. The smallest absolute Gasteiger partial charge is 0.180 e. The molecule has 0 spiro atoms. The van der Waals surface area contributed by atoms with Crippen LogP contribution in [0, 0.1) is 0 Å². The van der Waals surface area contributed by atoms with Gasteiger partial charge < -0.3 is 9.13 Å². The average molecular weight is 743 g/mol. The Morgan fingerprint density at radius 1 is 0.316 bits per heavy atom. The Balaban J connectivity index is 1.30. The number of hydrogen-bond acceptors (Lipinski definition) is 0. The van der Waals surface area contributed by atoms with Crippen molar-refractivity contribution >= 4 is 72.4 Å². The summed E-state index contributed by atoms with van der Waals surface area (Å²) in [6.45, 7) is 0. The van der Waals surface area contributed by atoms with Crippen molar-refractivity contribution in [2.45, 2.75) is 0 Å². The van der Waals surface area contributed by atoms with Gasteiger partial charge in [0.2, 0.25) is 0 Å². The number of hydrogen-bond donors (Lipinski definition) is 0. The molecule has 11 aromatic rings. The molecule has 0 amide bonds. The van der Waals surface area contributed by atoms with Gasteiger partial charge in [-0.1, -0.05) is 188 Å². The van der Waals surface area contributed by atoms with Gasteiger partial charge in [-0.25, -0.2) is 0 Å². The maximum Gasteiger partial charge on any atom is 0.180 e. The predicted octanol–water partition coefficient (Wildman–Crippen LogP) is 10.9. The van der Waals surface area contributed by atoms with Gasteiger partial charge in [0, 0.05) is 38.5 Å². The highest BCUT2D eigenvalue weighted by Crippen LogP contribution is 2.40. The lowest BCUT2D eigenvalue weighted by Crippen LogP contribution is -2.74. The third-order valence-electron chi connectivity index (χ3n) is 11.9. The fourth-order valence-electron chi connectivity index (χ4n) is 9.53. The van der Waals surface area contributed by atoms with Crippen molar-refractivity contribution in [1.82, 2.24) is 9.13 Å². The monoisotopic (exact) mass is 742 g/mol. The highest BCUT2D eigenvalue weighted by molar-refractivity contribution is 7.20. The van der Waals surface area contributed by atoms with E-state index in [2.05, 4.69) is 240 Å². The van der Waals surface area contributed by atoms with Crippen LogP contribution in [0.3, 0.4) is 0 Å². The van der Waals surface area contributed by atoms with Crippen LogP contribution in [0.4, 0.5) is 0 Å². The maximum absolute atomic E-state index is 2.90. The Morgan fingerprint density at radius 3 is 1.47 bits per heavy atom. The molecular weight excluding hydrogens is 705 g/mol. The molecule has 0 fully saturated rings. The Bertz CT molecular complexity index is 3110. The van der Waals surface area contributed by atoms with Crippen LogP contribution in [-0.2, 0) is 0 Å². The molecule has 11 rings (SSSR count). The van der Waals surface area contributed by atoms with Crippen LogP contribution < -0.4 is 20.7 Å². The van der Waals surface area contributed by atoms with E-state index >= 15 is 0 Å². The summed E-state index contributed by atoms with van der Waals surface area (Å²) in [7, 11) is -2.90. The Kier molecular flexibility index (Phi) is 7.87. The van der Waals surface area contributed by atoms with E-state index in [0.29, 0.717) is 0 Å². The molecule has 2 aromatic heterocycles. The summed E-state index contributed by atoms with van der Waals surface area (Å²) in [6, 6.07) is 85.2. The third-order valence-corrected chi connectivity index (χ3v) is 16.7. The molecule has 2 nitrogen and oxygen atoms in total. The second kappa shape index (κ2) is 13.5. The van der Waals surface area contributed by atoms with Gasteiger partial charge in [-0.15, -0.1) is 0 Å². The van der Waals surface area contributed by atoms with Crippen LogP contribution in [0.25, 0.3) is 66.1 Å². The number of fused-ring (bicyclic) bond motifs is 6. The number of aromatic nitrogens is 2. The number of rotatable bonds is 7. The fraction of sp³-hybridized carbons (Fsp3) is 0. The molecule has 0 radical (unpaired) electrons. The maximum atomic E-state index is 2.55. The van der Waals surface area contributed by atoms with Crippen LogP contribution in [-0.4, -0.2) is 17.2 Å². The molecule has 0 unspecified atom stereocenters. The van der Waals surface area contributed by atoms with E-state index in [1.165, 1.54) is 75.5 Å². The highest BCUT2D eigenvalue weighted by Gasteiger charge is 2.43. The minimum Gasteiger partial charge on any atom is -0.309 e. The molecule has 0 atom stereocenters. The standard InChI is InChI=1S/C54H38N2Si/c1-6-20-39(21-7-1)45-31-18-32-47-53-51(34-19-35-52(53)57(42-24-10-3-11-25-42,43-26-12-4-13-27-43)44-28-14-5-15-29-44)56(54(45)47)41-36-37-50-48(38-41)46-30-16-17-33-49(46)55(50)40-22-8-2-9-23-40/h1-38H. The van der Waals surface area contributed by atoms with E-state index in [9.17, 15) is 0 Å². The first-order chi connectivity index (χ1) is 28.3. The van der Waals surface area contributed by atoms with Gasteiger partial charge in [-0.3, -0.25) is 0 Å². The second-order valence-electron chi connectivity index (χ2n) is 14.8. The summed E-state index contributed by atoms with van der Waals surface area (Å²) < 4.78 is 4.94. The van der Waals surface area contributed by atoms with Gasteiger partial charge in [0.15, 0.2) is 8.07 Å². The van der Waals surface area contributed by atoms with E-state index in [1.807, 2.05) is 0 Å². The SMILES string of the molecule is c1ccc(-c2cccc3c4c([Si](c5ccccc5)(c5ccccc5)c5ccccc5)cccc4n(-c4ccc5c(c4)c4ccccc4n5-c4ccccc4)c23)cc1. The quantitative estimate of drug-likeness (QED) is 0.114. The van der Waals surface area contributed by atoms with E-state index in [4.69, 9.17) is 0 Å². The topological polar surface area (TPSA) is 9.86 Å². The van der Waals surface area contributed by atoms with Gasteiger partial charge in [0.25, 0.3) is 0 Å². The van der Waals surface area contributed by atoms with E-state index < -0.39 is 8.07 Å². The first kappa shape index (κ1) is 33.2. The zero-order valence-corrected chi connectivity index (χ0v) is 32.3. The fourth-order valence-corrected chi connectivity index (χ4v) is 14.5. The normalized spacial score (nSPS) is 11.9. The zero-order valence-electron chi connectivity index (χ0n) is 31.3. The van der Waals surface area contributed by atoms with E-state index in [0.717, 1.165) is 11.4 Å². The molecule has 0 saturated heterocycles. The van der Waals surface area contributed by atoms with Crippen LogP contribution in [0.15, 0.2) is 231 Å². The van der Waals surface area contributed by atoms with Crippen molar-refractivity contribution in [3.63, 3.8) is 0 Å². The molecular formula is C54H38N2Si. The molecule has 268 valence electrons. The molecule has 57 heavy (non-hydrogen) atoms. The first-order valence-corrected chi connectivity index (χ1v) is 21.7. The molecule has 0 saturated carbocycles. The molecule has 3 heteroatoms. The van der Waals surface area contributed by atoms with E-state index in [-0.39, 0.29) is 0 Å². The van der Waals surface area contributed by atoms with Crippen LogP contribution in [0.5, 0.6) is 0 Å². The molecule has 9 aromatic carbocycles. The first-order valence-electron chi connectivity index (χ1n) is 19.7. The molecule has 2 heterocycles. The summed E-state index contributed by atoms with van der Waals surface area (Å²) in [5, 5.41) is 10.5. The lowest BCUT2D eigenvalue weighted by Gasteiger charge is -2.35. The van der Waals surface area contributed by atoms with Crippen molar-refractivity contribution in [2.24, 2.45) is 0 Å². The third kappa shape index (κ3) is 5.10. The van der Waals surface area contributed by atoms with Gasteiger partial charge in [-0.2, -0.15) is 0 Å². The number of para-hydroxylation sites is 3. The van der Waals surface area contributed by atoms with Gasteiger partial charge in [0.1, 0.15) is 0 Å². The molecule has 0 aliphatic heterocycles. The highest BCUT2D eigenvalue weighted by atomic mass is 28.3. The van der Waals surface area contributed by atoms with Crippen molar-refractivity contribution in [3.8, 4) is 22.5 Å². The summed E-state index contributed by atoms with van der Waals surface area (Å²) in [5.41, 5.74) is 9.54. The van der Waals surface area contributed by atoms with Gasteiger partial charge in [0.05, 0.1) is 22.1 Å². The van der Waals surface area contributed by atoms with Gasteiger partial charge >= 0.3 is 0 Å². The molecule has 0 aliphatic carbocycles. The summed E-state index contributed by atoms with van der Waals surface area (Å²) in [5.74, 6) is 0. The van der Waals surface area contributed by atoms with Crippen molar-refractivity contribution in [2.75, 3.05) is 0 Å². The van der Waals surface area contributed by atoms with Crippen molar-refractivity contribution in [1.29, 1.82) is 0 Å². The number of nitrogens with zero attached hydrogens (tertiary/aromatic N) is 2. The predicted molar refractivity (Wildman–Crippen MR) is 244 cm³/mol. The average Bonchev–Trinajstić information content (AvgIpc) is 3.81. The van der Waals surface area contributed by atoms with Crippen LogP contribution >= 0.6 is 0 Å². The summed E-state index contributed by atoms with van der Waals surface area (Å²) >= 11 is 0. The van der Waals surface area contributed by atoms with Crippen LogP contribution in [0.1, 0.15) is 0 Å². The minimum absolute atomic E-state index is 1.14. The lowest BCUT2D eigenvalue weighted by atomic mass is 10.0. The Hall–Kier alpha value is -7.20. The second-order valence-corrected chi connectivity index (χ2v) is 18.6. The largest absolute Gasteiger partial charge is 0.309 e. The lowest BCUT2D eigenvalue weighted by molar-refractivity contribution is 1.17. The molecule has 0 bridgehead atoms. The van der Waals surface area contributed by atoms with Gasteiger partial charge in [-0.05, 0) is 68.8 Å². The Morgan fingerprint density at radius 2 is 0.825 bits per heavy atom. The van der Waals surface area contributed by atoms with Crippen molar-refractivity contribution < 1.29 is 0 Å². The van der Waals surface area contributed by atoms with Crippen molar-refractivity contribution in [3.05, 3.63) is 231 Å².